The molecule has 1 aromatic rings. The van der Waals surface area contributed by atoms with Gasteiger partial charge >= 0.3 is 5.69 Å². The van der Waals surface area contributed by atoms with Crippen molar-refractivity contribution in [2.45, 2.75) is 0 Å². The Hall–Kier alpha value is -1.78. The Labute approximate surface area is 75.0 Å². The van der Waals surface area contributed by atoms with Crippen LogP contribution in [0, 0.1) is 16.2 Å². The average Bonchev–Trinajstić information content (AvgIpc) is 2.16. The van der Waals surface area contributed by atoms with E-state index in [2.05, 4.69) is 6.07 Å². The highest BCUT2D eigenvalue weighted by Gasteiger charge is 2.15. The highest BCUT2D eigenvalue weighted by Crippen LogP contribution is 2.29. The Morgan fingerprint density at radius 2 is 2.15 bits per heavy atom. The maximum atomic E-state index is 10.4. The molecule has 1 aromatic carbocycles. The summed E-state index contributed by atoms with van der Waals surface area (Å²) in [7, 11) is 2.82. The van der Waals surface area contributed by atoms with Crippen LogP contribution in [-0.4, -0.2) is 19.1 Å². The number of methoxy groups -OCH3 is 2. The van der Waals surface area contributed by atoms with Gasteiger partial charge in [-0.3, -0.25) is 10.1 Å². The molecule has 0 bridgehead atoms. The van der Waals surface area contributed by atoms with E-state index in [1.54, 1.807) is 0 Å². The molecule has 0 saturated carbocycles. The van der Waals surface area contributed by atoms with E-state index in [1.807, 2.05) is 0 Å². The zero-order chi connectivity index (χ0) is 9.84. The van der Waals surface area contributed by atoms with E-state index in [1.165, 1.54) is 26.4 Å². The van der Waals surface area contributed by atoms with Gasteiger partial charge < -0.3 is 9.47 Å². The summed E-state index contributed by atoms with van der Waals surface area (Å²) in [6.45, 7) is 0. The molecule has 5 nitrogen and oxygen atoms in total. The fourth-order valence-corrected chi connectivity index (χ4v) is 0.866. The van der Waals surface area contributed by atoms with E-state index in [4.69, 9.17) is 9.47 Å². The van der Waals surface area contributed by atoms with E-state index < -0.39 is 4.92 Å². The van der Waals surface area contributed by atoms with Crippen LogP contribution < -0.4 is 9.47 Å². The molecule has 0 heterocycles. The van der Waals surface area contributed by atoms with Crippen molar-refractivity contribution in [3.8, 4) is 11.5 Å². The molecule has 0 fully saturated rings. The van der Waals surface area contributed by atoms with Crippen LogP contribution in [-0.2, 0) is 0 Å². The molecule has 0 aliphatic heterocycles. The third kappa shape index (κ3) is 1.87. The maximum Gasteiger partial charge on any atom is 0.319 e. The number of hydrogen-bond donors (Lipinski definition) is 0. The predicted molar refractivity (Wildman–Crippen MR) is 45.0 cm³/mol. The van der Waals surface area contributed by atoms with Crippen molar-refractivity contribution in [3.63, 3.8) is 0 Å². The number of nitrogens with zero attached hydrogens (tertiary/aromatic N) is 1. The van der Waals surface area contributed by atoms with Crippen molar-refractivity contribution in [2.24, 2.45) is 0 Å². The molecule has 0 spiro atoms. The predicted octanol–water partition coefficient (Wildman–Crippen LogP) is 1.41. The Bertz CT molecular complexity index is 324. The van der Waals surface area contributed by atoms with Crippen LogP contribution in [0.3, 0.4) is 0 Å². The molecule has 1 radical (unpaired) electrons. The second kappa shape index (κ2) is 3.75. The van der Waals surface area contributed by atoms with Crippen molar-refractivity contribution in [1.82, 2.24) is 0 Å². The maximum absolute atomic E-state index is 10.4. The van der Waals surface area contributed by atoms with Gasteiger partial charge in [-0.1, -0.05) is 0 Å². The second-order valence-corrected chi connectivity index (χ2v) is 2.21. The molecule has 1 rings (SSSR count). The lowest BCUT2D eigenvalue weighted by Crippen LogP contribution is -1.94. The van der Waals surface area contributed by atoms with Crippen LogP contribution in [0.5, 0.6) is 11.5 Å². The third-order valence-corrected chi connectivity index (χ3v) is 1.50. The summed E-state index contributed by atoms with van der Waals surface area (Å²) in [6, 6.07) is 5.29. The van der Waals surface area contributed by atoms with Gasteiger partial charge in [0, 0.05) is 6.07 Å². The number of benzene rings is 1. The quantitative estimate of drug-likeness (QED) is 0.523. The molecule has 0 aliphatic rings. The van der Waals surface area contributed by atoms with Gasteiger partial charge in [-0.05, 0) is 6.07 Å². The smallest absolute Gasteiger partial charge is 0.319 e. The molecule has 0 N–H and O–H groups in total. The molecule has 0 amide bonds. The summed E-state index contributed by atoms with van der Waals surface area (Å²) in [5, 5.41) is 10.4. The number of rotatable bonds is 3. The SMILES string of the molecule is COc1c[c]c([N+](=O)[O-])c(OC)c1. The fourth-order valence-electron chi connectivity index (χ4n) is 0.866. The summed E-state index contributed by atoms with van der Waals surface area (Å²) in [6.07, 6.45) is 0. The number of ether oxygens (including phenoxy) is 2. The molecule has 13 heavy (non-hydrogen) atoms. The summed E-state index contributed by atoms with van der Waals surface area (Å²) in [5.41, 5.74) is -0.191. The van der Waals surface area contributed by atoms with Gasteiger partial charge in [0.15, 0.2) is 0 Å². The van der Waals surface area contributed by atoms with Gasteiger partial charge in [-0.15, -0.1) is 0 Å². The molecule has 0 unspecified atom stereocenters. The molecule has 69 valence electrons. The third-order valence-electron chi connectivity index (χ3n) is 1.50. The zero-order valence-corrected chi connectivity index (χ0v) is 7.23. The minimum Gasteiger partial charge on any atom is -0.497 e. The van der Waals surface area contributed by atoms with Crippen LogP contribution >= 0.6 is 0 Å². The Kier molecular flexibility index (Phi) is 2.69. The van der Waals surface area contributed by atoms with Gasteiger partial charge in [-0.25, -0.2) is 0 Å². The minimum atomic E-state index is -0.557. The zero-order valence-electron chi connectivity index (χ0n) is 7.23. The molecule has 0 atom stereocenters. The van der Waals surface area contributed by atoms with Crippen molar-refractivity contribution < 1.29 is 14.4 Å². The van der Waals surface area contributed by atoms with Crippen LogP contribution in [0.2, 0.25) is 0 Å². The number of nitro benzene ring substituents is 1. The average molecular weight is 182 g/mol. The van der Waals surface area contributed by atoms with E-state index in [0.717, 1.165) is 0 Å². The second-order valence-electron chi connectivity index (χ2n) is 2.21. The first kappa shape index (κ1) is 9.31. The van der Waals surface area contributed by atoms with Crippen molar-refractivity contribution >= 4 is 5.69 Å². The van der Waals surface area contributed by atoms with E-state index in [0.29, 0.717) is 5.75 Å². The Balaban J connectivity index is 3.15. The largest absolute Gasteiger partial charge is 0.497 e. The molecule has 0 saturated heterocycles. The summed E-state index contributed by atoms with van der Waals surface area (Å²) < 4.78 is 9.65. The van der Waals surface area contributed by atoms with Gasteiger partial charge in [0.1, 0.15) is 5.75 Å². The Morgan fingerprint density at radius 3 is 2.62 bits per heavy atom. The van der Waals surface area contributed by atoms with Gasteiger partial charge in [0.05, 0.1) is 25.2 Å². The molecule has 0 aromatic heterocycles. The van der Waals surface area contributed by atoms with Crippen LogP contribution in [0.4, 0.5) is 5.69 Å². The van der Waals surface area contributed by atoms with Crippen molar-refractivity contribution in [1.29, 1.82) is 0 Å². The van der Waals surface area contributed by atoms with Gasteiger partial charge in [0.2, 0.25) is 5.75 Å². The van der Waals surface area contributed by atoms with Crippen molar-refractivity contribution in [3.05, 3.63) is 28.3 Å². The van der Waals surface area contributed by atoms with Crippen LogP contribution in [0.25, 0.3) is 0 Å². The van der Waals surface area contributed by atoms with E-state index >= 15 is 0 Å². The summed E-state index contributed by atoms with van der Waals surface area (Å²) in [5.74, 6) is 0.617. The standard InChI is InChI=1S/C8H8NO4/c1-12-6-3-4-7(9(10)11)8(5-6)13-2/h3,5H,1-2H3. The molecule has 0 aliphatic carbocycles. The lowest BCUT2D eigenvalue weighted by atomic mass is 10.3. The van der Waals surface area contributed by atoms with Crippen LogP contribution in [0.1, 0.15) is 0 Å². The number of hydrogen-bond acceptors (Lipinski definition) is 4. The van der Waals surface area contributed by atoms with Gasteiger partial charge in [0.25, 0.3) is 0 Å². The first-order valence-electron chi connectivity index (χ1n) is 3.47. The van der Waals surface area contributed by atoms with E-state index in [-0.39, 0.29) is 11.4 Å². The molecular formula is C8H8NO4. The topological polar surface area (TPSA) is 61.6 Å². The lowest BCUT2D eigenvalue weighted by molar-refractivity contribution is -0.386. The number of nitro groups is 1. The highest BCUT2D eigenvalue weighted by atomic mass is 16.6. The summed E-state index contributed by atoms with van der Waals surface area (Å²) >= 11 is 0. The Morgan fingerprint density at radius 1 is 1.46 bits per heavy atom. The normalized spacial score (nSPS) is 9.38. The molecular weight excluding hydrogens is 174 g/mol. The highest BCUT2D eigenvalue weighted by molar-refractivity contribution is 5.49. The first-order chi connectivity index (χ1) is 6.19. The fraction of sp³-hybridized carbons (Fsp3) is 0.250. The molecule has 5 heteroatoms. The minimum absolute atomic E-state index is 0.143. The van der Waals surface area contributed by atoms with E-state index in [9.17, 15) is 10.1 Å². The van der Waals surface area contributed by atoms with Crippen molar-refractivity contribution in [2.75, 3.05) is 14.2 Å². The van der Waals surface area contributed by atoms with Crippen LogP contribution in [0.15, 0.2) is 12.1 Å². The first-order valence-corrected chi connectivity index (χ1v) is 3.47. The van der Waals surface area contributed by atoms with Gasteiger partial charge in [-0.2, -0.15) is 0 Å². The lowest BCUT2D eigenvalue weighted by Gasteiger charge is -2.03. The monoisotopic (exact) mass is 182 g/mol. The summed E-state index contributed by atoms with van der Waals surface area (Å²) in [4.78, 5) is 9.88.